The Hall–Kier alpha value is -3.35. The van der Waals surface area contributed by atoms with Gasteiger partial charge >= 0.3 is 0 Å². The maximum absolute atomic E-state index is 12.2. The minimum absolute atomic E-state index is 0.130. The largest absolute Gasteiger partial charge is 0.496 e. The number of carbonyl (C=O) groups excluding carboxylic acids is 2. The van der Waals surface area contributed by atoms with Gasteiger partial charge in [0, 0.05) is 17.5 Å². The van der Waals surface area contributed by atoms with Gasteiger partial charge in [0.15, 0.2) is 5.69 Å². The molecule has 0 aliphatic heterocycles. The van der Waals surface area contributed by atoms with Gasteiger partial charge in [-0.3, -0.25) is 14.7 Å². The number of rotatable bonds is 6. The molecule has 0 radical (unpaired) electrons. The van der Waals surface area contributed by atoms with E-state index in [0.29, 0.717) is 12.3 Å². The summed E-state index contributed by atoms with van der Waals surface area (Å²) in [6, 6.07) is 14.7. The van der Waals surface area contributed by atoms with E-state index in [1.165, 1.54) is 0 Å². The summed E-state index contributed by atoms with van der Waals surface area (Å²) in [6.45, 7) is 0.194. The highest BCUT2D eigenvalue weighted by molar-refractivity contribution is 6.05. The molecule has 3 N–H and O–H groups in total. The lowest BCUT2D eigenvalue weighted by molar-refractivity contribution is -0.120. The Morgan fingerprint density at radius 2 is 1.84 bits per heavy atom. The lowest BCUT2D eigenvalue weighted by atomic mass is 10.2. The maximum Gasteiger partial charge on any atom is 0.272 e. The van der Waals surface area contributed by atoms with Crippen molar-refractivity contribution in [3.05, 3.63) is 59.8 Å². The summed E-state index contributed by atoms with van der Waals surface area (Å²) in [4.78, 5) is 24.2. The summed E-state index contributed by atoms with van der Waals surface area (Å²) in [5.74, 6) is 0.0128. The first kappa shape index (κ1) is 16.5. The van der Waals surface area contributed by atoms with Gasteiger partial charge in [0.05, 0.1) is 19.2 Å². The average Bonchev–Trinajstić information content (AvgIpc) is 3.09. The van der Waals surface area contributed by atoms with Crippen molar-refractivity contribution in [1.29, 1.82) is 0 Å². The SMILES string of the molecule is COc1ccccc1CNC(=O)CNC(=O)c1n[nH]c2ccccc12. The molecule has 0 saturated heterocycles. The van der Waals surface area contributed by atoms with Gasteiger partial charge < -0.3 is 15.4 Å². The topological polar surface area (TPSA) is 96.1 Å². The van der Waals surface area contributed by atoms with E-state index in [1.807, 2.05) is 42.5 Å². The van der Waals surface area contributed by atoms with Crippen molar-refractivity contribution in [1.82, 2.24) is 20.8 Å². The monoisotopic (exact) mass is 338 g/mol. The van der Waals surface area contributed by atoms with E-state index in [2.05, 4.69) is 20.8 Å². The number of benzene rings is 2. The third-order valence-electron chi connectivity index (χ3n) is 3.76. The average molecular weight is 338 g/mol. The fourth-order valence-electron chi connectivity index (χ4n) is 2.49. The van der Waals surface area contributed by atoms with Crippen LogP contribution in [0.15, 0.2) is 48.5 Å². The summed E-state index contributed by atoms with van der Waals surface area (Å²) in [5, 5.41) is 12.8. The van der Waals surface area contributed by atoms with Crippen LogP contribution < -0.4 is 15.4 Å². The molecule has 0 aliphatic carbocycles. The van der Waals surface area contributed by atoms with Crippen LogP contribution in [0.1, 0.15) is 16.1 Å². The molecule has 0 atom stereocenters. The lowest BCUT2D eigenvalue weighted by Crippen LogP contribution is -2.36. The number of nitrogens with zero attached hydrogens (tertiary/aromatic N) is 1. The molecule has 2 aromatic carbocycles. The Balaban J connectivity index is 1.54. The number of carbonyl (C=O) groups is 2. The van der Waals surface area contributed by atoms with Crippen molar-refractivity contribution in [3.8, 4) is 5.75 Å². The van der Waals surface area contributed by atoms with E-state index in [1.54, 1.807) is 13.2 Å². The summed E-state index contributed by atoms with van der Waals surface area (Å²) < 4.78 is 5.23. The lowest BCUT2D eigenvalue weighted by Gasteiger charge is -2.09. The van der Waals surface area contributed by atoms with E-state index in [9.17, 15) is 9.59 Å². The van der Waals surface area contributed by atoms with Gasteiger partial charge in [-0.25, -0.2) is 0 Å². The highest BCUT2D eigenvalue weighted by atomic mass is 16.5. The number of para-hydroxylation sites is 2. The minimum atomic E-state index is -0.398. The molecular weight excluding hydrogens is 320 g/mol. The van der Waals surface area contributed by atoms with Gasteiger partial charge in [0.1, 0.15) is 5.75 Å². The van der Waals surface area contributed by atoms with Crippen LogP contribution in [0.2, 0.25) is 0 Å². The molecule has 0 unspecified atom stereocenters. The highest BCUT2D eigenvalue weighted by Crippen LogP contribution is 2.16. The first-order valence-corrected chi connectivity index (χ1v) is 7.79. The van der Waals surface area contributed by atoms with Crippen LogP contribution in [0.5, 0.6) is 5.75 Å². The second kappa shape index (κ2) is 7.48. The molecule has 1 heterocycles. The van der Waals surface area contributed by atoms with Crippen molar-refractivity contribution in [2.75, 3.05) is 13.7 Å². The maximum atomic E-state index is 12.2. The Morgan fingerprint density at radius 1 is 1.08 bits per heavy atom. The molecular formula is C18H18N4O3. The second-order valence-electron chi connectivity index (χ2n) is 5.39. The normalized spacial score (nSPS) is 10.4. The quantitative estimate of drug-likeness (QED) is 0.636. The smallest absolute Gasteiger partial charge is 0.272 e. The van der Waals surface area contributed by atoms with Crippen LogP contribution in [0.25, 0.3) is 10.9 Å². The molecule has 2 amide bonds. The predicted molar refractivity (Wildman–Crippen MR) is 93.3 cm³/mol. The Bertz CT molecular complexity index is 904. The molecule has 0 aliphatic rings. The molecule has 7 nitrogen and oxygen atoms in total. The van der Waals surface area contributed by atoms with Crippen LogP contribution in [0.4, 0.5) is 0 Å². The molecule has 0 bridgehead atoms. The van der Waals surface area contributed by atoms with Gasteiger partial charge in [0.2, 0.25) is 5.91 Å². The molecule has 7 heteroatoms. The van der Waals surface area contributed by atoms with Crippen molar-refractivity contribution >= 4 is 22.7 Å². The van der Waals surface area contributed by atoms with Gasteiger partial charge in [-0.2, -0.15) is 5.10 Å². The number of amides is 2. The number of nitrogens with one attached hydrogen (secondary N) is 3. The number of methoxy groups -OCH3 is 1. The van der Waals surface area contributed by atoms with E-state index in [-0.39, 0.29) is 18.1 Å². The van der Waals surface area contributed by atoms with Crippen molar-refractivity contribution in [2.24, 2.45) is 0 Å². The molecule has 0 saturated carbocycles. The van der Waals surface area contributed by atoms with E-state index >= 15 is 0 Å². The summed E-state index contributed by atoms with van der Waals surface area (Å²) in [7, 11) is 1.58. The molecule has 128 valence electrons. The summed E-state index contributed by atoms with van der Waals surface area (Å²) in [5.41, 5.74) is 1.91. The molecule has 3 rings (SSSR count). The fraction of sp³-hybridized carbons (Fsp3) is 0.167. The first-order chi connectivity index (χ1) is 12.2. The van der Waals surface area contributed by atoms with Crippen molar-refractivity contribution < 1.29 is 14.3 Å². The van der Waals surface area contributed by atoms with Gasteiger partial charge in [0.25, 0.3) is 5.91 Å². The van der Waals surface area contributed by atoms with Gasteiger partial charge in [-0.05, 0) is 12.1 Å². The van der Waals surface area contributed by atoms with Crippen LogP contribution in [0.3, 0.4) is 0 Å². The predicted octanol–water partition coefficient (Wildman–Crippen LogP) is 1.62. The number of ether oxygens (including phenoxy) is 1. The number of H-pyrrole nitrogens is 1. The molecule has 25 heavy (non-hydrogen) atoms. The Morgan fingerprint density at radius 3 is 2.68 bits per heavy atom. The first-order valence-electron chi connectivity index (χ1n) is 7.79. The third kappa shape index (κ3) is 3.77. The van der Waals surface area contributed by atoms with Crippen LogP contribution in [-0.2, 0) is 11.3 Å². The number of aromatic nitrogens is 2. The van der Waals surface area contributed by atoms with Gasteiger partial charge in [-0.15, -0.1) is 0 Å². The van der Waals surface area contributed by atoms with Gasteiger partial charge in [-0.1, -0.05) is 36.4 Å². The van der Waals surface area contributed by atoms with E-state index in [0.717, 1.165) is 16.5 Å². The number of hydrogen-bond acceptors (Lipinski definition) is 4. The van der Waals surface area contributed by atoms with Crippen molar-refractivity contribution in [2.45, 2.75) is 6.54 Å². The Labute approximate surface area is 144 Å². The van der Waals surface area contributed by atoms with Crippen LogP contribution in [0, 0.1) is 0 Å². The molecule has 3 aromatic rings. The Kier molecular flexibility index (Phi) is 4.94. The number of hydrogen-bond donors (Lipinski definition) is 3. The van der Waals surface area contributed by atoms with E-state index < -0.39 is 5.91 Å². The second-order valence-corrected chi connectivity index (χ2v) is 5.39. The van der Waals surface area contributed by atoms with E-state index in [4.69, 9.17) is 4.74 Å². The zero-order valence-corrected chi connectivity index (χ0v) is 13.7. The van der Waals surface area contributed by atoms with Crippen LogP contribution >= 0.6 is 0 Å². The number of fused-ring (bicyclic) bond motifs is 1. The minimum Gasteiger partial charge on any atom is -0.496 e. The third-order valence-corrected chi connectivity index (χ3v) is 3.76. The zero-order valence-electron chi connectivity index (χ0n) is 13.7. The summed E-state index contributed by atoms with van der Waals surface area (Å²) in [6.07, 6.45) is 0. The van der Waals surface area contributed by atoms with Crippen molar-refractivity contribution in [3.63, 3.8) is 0 Å². The summed E-state index contributed by atoms with van der Waals surface area (Å²) >= 11 is 0. The molecule has 0 spiro atoms. The molecule has 1 aromatic heterocycles. The highest BCUT2D eigenvalue weighted by Gasteiger charge is 2.14. The standard InChI is InChI=1S/C18H18N4O3/c1-25-15-9-5-2-6-12(15)10-19-16(23)11-20-18(24)17-13-7-3-4-8-14(13)21-22-17/h2-9H,10-11H2,1H3,(H,19,23)(H,20,24)(H,21,22). The zero-order chi connectivity index (χ0) is 17.6. The fourth-order valence-corrected chi connectivity index (χ4v) is 2.49. The number of aromatic amines is 1. The van der Waals surface area contributed by atoms with Crippen LogP contribution in [-0.4, -0.2) is 35.7 Å². The molecule has 0 fully saturated rings.